The van der Waals surface area contributed by atoms with Crippen LogP contribution in [0.1, 0.15) is 12.5 Å². The summed E-state index contributed by atoms with van der Waals surface area (Å²) in [5, 5.41) is 0. The van der Waals surface area contributed by atoms with Gasteiger partial charge in [0, 0.05) is 19.2 Å². The summed E-state index contributed by atoms with van der Waals surface area (Å²) in [5.41, 5.74) is 1.77. The zero-order chi connectivity index (χ0) is 22.2. The molecule has 0 aliphatic rings. The van der Waals surface area contributed by atoms with Crippen LogP contribution in [0.4, 0.5) is 0 Å². The molecule has 0 unspecified atom stereocenters. The number of para-hydroxylation sites is 1. The third-order valence-electron chi connectivity index (χ3n) is 4.56. The number of amides is 1. The van der Waals surface area contributed by atoms with Crippen molar-refractivity contribution in [2.45, 2.75) is 13.5 Å². The molecular weight excluding hydrogens is 416 g/mol. The van der Waals surface area contributed by atoms with Gasteiger partial charge < -0.3 is 23.5 Å². The van der Waals surface area contributed by atoms with Gasteiger partial charge in [-0.15, -0.1) is 0 Å². The zero-order valence-electron chi connectivity index (χ0n) is 18.1. The van der Waals surface area contributed by atoms with E-state index < -0.39 is 0 Å². The van der Waals surface area contributed by atoms with E-state index in [1.54, 1.807) is 39.5 Å². The smallest absolute Gasteiger partial charge is 0.272 e. The third-order valence-corrected chi connectivity index (χ3v) is 5.62. The molecule has 31 heavy (non-hydrogen) atoms. The Morgan fingerprint density at radius 2 is 1.81 bits per heavy atom. The number of hydrogen-bond acceptors (Lipinski definition) is 6. The molecule has 2 aromatic carbocycles. The van der Waals surface area contributed by atoms with Gasteiger partial charge in [-0.05, 0) is 42.8 Å². The molecule has 0 saturated carbocycles. The van der Waals surface area contributed by atoms with Crippen LogP contribution in [0, 0.1) is 0 Å². The summed E-state index contributed by atoms with van der Waals surface area (Å²) in [6.07, 6.45) is 3.10. The molecule has 8 heteroatoms. The first-order chi connectivity index (χ1) is 15.1. The summed E-state index contributed by atoms with van der Waals surface area (Å²) >= 11 is 1.48. The van der Waals surface area contributed by atoms with E-state index in [4.69, 9.17) is 18.9 Å². The van der Waals surface area contributed by atoms with Crippen molar-refractivity contribution in [3.05, 3.63) is 52.8 Å². The summed E-state index contributed by atoms with van der Waals surface area (Å²) in [5.74, 6) is 1.18. The summed E-state index contributed by atoms with van der Waals surface area (Å²) in [6.45, 7) is 3.78. The Kier molecular flexibility index (Phi) is 7.86. The molecule has 0 aliphatic carbocycles. The lowest BCUT2D eigenvalue weighted by atomic mass is 10.1. The van der Waals surface area contributed by atoms with Gasteiger partial charge >= 0.3 is 0 Å². The first-order valence-electron chi connectivity index (χ1n) is 9.84. The molecular formula is C23H26N2O5S. The number of carbonyl (C=O) groups is 1. The number of thiazole rings is 1. The van der Waals surface area contributed by atoms with Crippen LogP contribution in [-0.4, -0.2) is 45.0 Å². The number of nitrogens with zero attached hydrogens (tertiary/aromatic N) is 2. The Bertz CT molecular complexity index is 1120. The Balaban J connectivity index is 1.91. The molecule has 164 valence electrons. The van der Waals surface area contributed by atoms with E-state index in [1.165, 1.54) is 17.4 Å². The molecule has 1 aromatic heterocycles. The van der Waals surface area contributed by atoms with Crippen molar-refractivity contribution in [3.63, 3.8) is 0 Å². The van der Waals surface area contributed by atoms with Gasteiger partial charge in [-0.2, -0.15) is 4.99 Å². The SMILES string of the molecule is CCOCCn1c(=NC(=O)C=Cc2cc(OC)c(OC)c(OC)c2)sc2ccccc21. The van der Waals surface area contributed by atoms with Crippen LogP contribution < -0.4 is 19.0 Å². The normalized spacial score (nSPS) is 11.9. The van der Waals surface area contributed by atoms with Crippen molar-refractivity contribution < 1.29 is 23.7 Å². The lowest BCUT2D eigenvalue weighted by Crippen LogP contribution is -2.19. The molecule has 3 aromatic rings. The van der Waals surface area contributed by atoms with E-state index in [-0.39, 0.29) is 5.91 Å². The Hall–Kier alpha value is -3.10. The maximum Gasteiger partial charge on any atom is 0.272 e. The molecule has 1 amide bonds. The minimum atomic E-state index is -0.356. The van der Waals surface area contributed by atoms with E-state index in [0.717, 1.165) is 15.8 Å². The number of benzene rings is 2. The Morgan fingerprint density at radius 1 is 1.10 bits per heavy atom. The molecule has 0 spiro atoms. The second-order valence-electron chi connectivity index (χ2n) is 6.44. The number of methoxy groups -OCH3 is 3. The molecule has 0 N–H and O–H groups in total. The van der Waals surface area contributed by atoms with Crippen molar-refractivity contribution in [2.75, 3.05) is 34.5 Å². The van der Waals surface area contributed by atoms with E-state index >= 15 is 0 Å². The minimum absolute atomic E-state index is 0.356. The lowest BCUT2D eigenvalue weighted by molar-refractivity contribution is -0.113. The molecule has 7 nitrogen and oxygen atoms in total. The van der Waals surface area contributed by atoms with Crippen LogP contribution in [0.2, 0.25) is 0 Å². The second-order valence-corrected chi connectivity index (χ2v) is 7.45. The summed E-state index contributed by atoms with van der Waals surface area (Å²) in [6, 6.07) is 11.5. The first kappa shape index (κ1) is 22.6. The monoisotopic (exact) mass is 442 g/mol. The van der Waals surface area contributed by atoms with Gasteiger partial charge in [-0.3, -0.25) is 4.79 Å². The molecule has 0 bridgehead atoms. The van der Waals surface area contributed by atoms with E-state index in [9.17, 15) is 4.79 Å². The van der Waals surface area contributed by atoms with Crippen molar-refractivity contribution >= 4 is 33.5 Å². The summed E-state index contributed by atoms with van der Waals surface area (Å²) in [4.78, 5) is 17.6. The van der Waals surface area contributed by atoms with Crippen LogP contribution in [0.15, 0.2) is 47.5 Å². The Labute approximate surface area is 185 Å². The highest BCUT2D eigenvalue weighted by Crippen LogP contribution is 2.38. The molecule has 0 atom stereocenters. The summed E-state index contributed by atoms with van der Waals surface area (Å²) in [7, 11) is 4.64. The first-order valence-corrected chi connectivity index (χ1v) is 10.7. The number of carbonyl (C=O) groups excluding carboxylic acids is 1. The van der Waals surface area contributed by atoms with Crippen LogP contribution in [-0.2, 0) is 16.1 Å². The Morgan fingerprint density at radius 3 is 2.45 bits per heavy atom. The molecule has 0 aliphatic heterocycles. The third kappa shape index (κ3) is 5.34. The number of fused-ring (bicyclic) bond motifs is 1. The largest absolute Gasteiger partial charge is 0.493 e. The fraction of sp³-hybridized carbons (Fsp3) is 0.304. The van der Waals surface area contributed by atoms with Crippen molar-refractivity contribution in [3.8, 4) is 17.2 Å². The highest BCUT2D eigenvalue weighted by molar-refractivity contribution is 7.16. The quantitative estimate of drug-likeness (QED) is 0.371. The second kappa shape index (κ2) is 10.8. The maximum absolute atomic E-state index is 12.6. The minimum Gasteiger partial charge on any atom is -0.493 e. The van der Waals surface area contributed by atoms with Crippen LogP contribution in [0.25, 0.3) is 16.3 Å². The van der Waals surface area contributed by atoms with Crippen LogP contribution in [0.3, 0.4) is 0 Å². The van der Waals surface area contributed by atoms with Gasteiger partial charge in [0.2, 0.25) is 5.75 Å². The highest BCUT2D eigenvalue weighted by atomic mass is 32.1. The van der Waals surface area contributed by atoms with E-state index in [2.05, 4.69) is 4.99 Å². The number of rotatable bonds is 9. The topological polar surface area (TPSA) is 71.3 Å². The standard InChI is InChI=1S/C23H26N2O5S/c1-5-30-13-12-25-17-8-6-7-9-20(17)31-23(25)24-21(26)11-10-16-14-18(27-2)22(29-4)19(15-16)28-3/h6-11,14-15H,5,12-13H2,1-4H3. The molecule has 0 saturated heterocycles. The van der Waals surface area contributed by atoms with Gasteiger partial charge in [0.05, 0.1) is 38.2 Å². The molecule has 0 radical (unpaired) electrons. The van der Waals surface area contributed by atoms with Crippen molar-refractivity contribution in [1.82, 2.24) is 4.57 Å². The van der Waals surface area contributed by atoms with Gasteiger partial charge in [-0.1, -0.05) is 23.5 Å². The number of ether oxygens (including phenoxy) is 4. The van der Waals surface area contributed by atoms with Crippen LogP contribution >= 0.6 is 11.3 Å². The number of aromatic nitrogens is 1. The highest BCUT2D eigenvalue weighted by Gasteiger charge is 2.12. The lowest BCUT2D eigenvalue weighted by Gasteiger charge is -2.12. The van der Waals surface area contributed by atoms with Gasteiger partial charge in [0.1, 0.15) is 0 Å². The fourth-order valence-electron chi connectivity index (χ4n) is 3.12. The number of hydrogen-bond donors (Lipinski definition) is 0. The molecule has 0 fully saturated rings. The van der Waals surface area contributed by atoms with Gasteiger partial charge in [0.25, 0.3) is 5.91 Å². The average molecular weight is 443 g/mol. The van der Waals surface area contributed by atoms with Gasteiger partial charge in [0.15, 0.2) is 16.3 Å². The van der Waals surface area contributed by atoms with Gasteiger partial charge in [-0.25, -0.2) is 0 Å². The predicted octanol–water partition coefficient (Wildman–Crippen LogP) is 3.91. The molecule has 3 rings (SSSR count). The van der Waals surface area contributed by atoms with E-state index in [0.29, 0.717) is 41.8 Å². The predicted molar refractivity (Wildman–Crippen MR) is 122 cm³/mol. The van der Waals surface area contributed by atoms with Crippen molar-refractivity contribution in [2.24, 2.45) is 4.99 Å². The average Bonchev–Trinajstić information content (AvgIpc) is 3.13. The van der Waals surface area contributed by atoms with Crippen LogP contribution in [0.5, 0.6) is 17.2 Å². The van der Waals surface area contributed by atoms with E-state index in [1.807, 2.05) is 35.8 Å². The molecule has 1 heterocycles. The zero-order valence-corrected chi connectivity index (χ0v) is 18.9. The van der Waals surface area contributed by atoms with Crippen molar-refractivity contribution in [1.29, 1.82) is 0 Å². The fourth-order valence-corrected chi connectivity index (χ4v) is 4.18. The summed E-state index contributed by atoms with van der Waals surface area (Å²) < 4.78 is 24.6. The maximum atomic E-state index is 12.6.